The molecule has 0 radical (unpaired) electrons. The van der Waals surface area contributed by atoms with Crippen molar-refractivity contribution < 1.29 is 34.8 Å². The number of primary amides is 1. The van der Waals surface area contributed by atoms with Crippen LogP contribution in [0.2, 0.25) is 0 Å². The Morgan fingerprint density at radius 2 is 1.77 bits per heavy atom. The molecule has 0 aliphatic heterocycles. The summed E-state index contributed by atoms with van der Waals surface area (Å²) in [5.41, 5.74) is 4.15. The lowest BCUT2D eigenvalue weighted by molar-refractivity contribution is -0.136. The van der Waals surface area contributed by atoms with Crippen LogP contribution < -0.4 is 11.1 Å². The van der Waals surface area contributed by atoms with E-state index < -0.39 is 46.3 Å². The lowest BCUT2D eigenvalue weighted by Gasteiger charge is -2.50. The van der Waals surface area contributed by atoms with Crippen LogP contribution in [-0.4, -0.2) is 101 Å². The number of benzene rings is 1. The number of likely N-dealkylation sites (N-methyl/N-ethyl adjacent to an activating group) is 1. The highest BCUT2D eigenvalue weighted by molar-refractivity contribution is 6.22. The van der Waals surface area contributed by atoms with Gasteiger partial charge in [-0.3, -0.25) is 19.3 Å². The molecule has 0 spiro atoms. The molecule has 3 aliphatic rings. The number of ketones is 1. The molecule has 0 saturated heterocycles. The van der Waals surface area contributed by atoms with Gasteiger partial charge in [-0.15, -0.1) is 0 Å². The molecule has 0 unspecified atom stereocenters. The van der Waals surface area contributed by atoms with Crippen LogP contribution in [-0.2, 0) is 22.4 Å². The van der Waals surface area contributed by atoms with E-state index in [-0.39, 0.29) is 36.8 Å². The highest BCUT2D eigenvalue weighted by atomic mass is 16.4. The Morgan fingerprint density at radius 3 is 2.38 bits per heavy atom. The predicted octanol–water partition coefficient (Wildman–Crippen LogP) is 0.552. The zero-order valence-electron chi connectivity index (χ0n) is 22.8. The van der Waals surface area contributed by atoms with Crippen molar-refractivity contribution in [2.45, 2.75) is 43.7 Å². The summed E-state index contributed by atoms with van der Waals surface area (Å²) in [6.07, 6.45) is 2.24. The quantitative estimate of drug-likeness (QED) is 0.202. The van der Waals surface area contributed by atoms with Crippen LogP contribution in [0.4, 0.5) is 0 Å². The zero-order valence-corrected chi connectivity index (χ0v) is 22.8. The third-order valence-electron chi connectivity index (χ3n) is 8.32. The molecule has 1 aromatic carbocycles. The van der Waals surface area contributed by atoms with Gasteiger partial charge in [0, 0.05) is 30.0 Å². The Hall–Kier alpha value is -3.41. The second kappa shape index (κ2) is 10.6. The summed E-state index contributed by atoms with van der Waals surface area (Å²) >= 11 is 0. The average molecular weight is 543 g/mol. The maximum Gasteiger partial charge on any atom is 0.255 e. The van der Waals surface area contributed by atoms with E-state index in [0.717, 1.165) is 19.4 Å². The summed E-state index contributed by atoms with van der Waals surface area (Å²) in [6, 6.07) is 1.98. The first-order valence-corrected chi connectivity index (χ1v) is 13.2. The monoisotopic (exact) mass is 542 g/mol. The second-order valence-corrected chi connectivity index (χ2v) is 11.3. The first-order valence-electron chi connectivity index (χ1n) is 13.2. The third kappa shape index (κ3) is 4.79. The number of carbonyl (C=O) groups excluding carboxylic acids is 3. The summed E-state index contributed by atoms with van der Waals surface area (Å²) in [7, 11) is 7.20. The molecule has 0 aromatic heterocycles. The number of aliphatic hydroxyl groups is 3. The fourth-order valence-corrected chi connectivity index (χ4v) is 6.39. The predicted molar refractivity (Wildman–Crippen MR) is 143 cm³/mol. The van der Waals surface area contributed by atoms with Crippen molar-refractivity contribution in [1.29, 1.82) is 0 Å². The number of Topliss-reactive ketones (excluding diaryl/α,β-unsaturated/α-hetero) is 1. The summed E-state index contributed by atoms with van der Waals surface area (Å²) in [6.45, 7) is 1.42. The van der Waals surface area contributed by atoms with Gasteiger partial charge in [0.2, 0.25) is 0 Å². The average Bonchev–Trinajstić information content (AvgIpc) is 2.85. The number of hydrogen-bond donors (Lipinski definition) is 6. The number of fused-ring (bicyclic) bond motifs is 3. The molecular weight excluding hydrogens is 504 g/mol. The Bertz CT molecular complexity index is 1270. The van der Waals surface area contributed by atoms with E-state index in [1.165, 1.54) is 11.0 Å². The van der Waals surface area contributed by atoms with E-state index in [1.54, 1.807) is 20.2 Å². The Kier molecular flexibility index (Phi) is 7.79. The fraction of sp³-hybridized carbons (Fsp3) is 0.536. The molecular formula is C28H38N4O7. The molecule has 2 amide bonds. The van der Waals surface area contributed by atoms with E-state index in [4.69, 9.17) is 5.73 Å². The van der Waals surface area contributed by atoms with Crippen molar-refractivity contribution in [3.63, 3.8) is 0 Å². The molecule has 4 rings (SSSR count). The van der Waals surface area contributed by atoms with E-state index in [2.05, 4.69) is 10.2 Å². The highest BCUT2D eigenvalue weighted by Crippen LogP contribution is 2.53. The van der Waals surface area contributed by atoms with Gasteiger partial charge in [-0.2, -0.15) is 0 Å². The van der Waals surface area contributed by atoms with Gasteiger partial charge in [0.25, 0.3) is 11.8 Å². The van der Waals surface area contributed by atoms with Gasteiger partial charge in [0.15, 0.2) is 11.4 Å². The minimum atomic E-state index is -2.40. The number of nitrogens with two attached hydrogens (primary N) is 1. The smallest absolute Gasteiger partial charge is 0.255 e. The van der Waals surface area contributed by atoms with E-state index >= 15 is 0 Å². The summed E-state index contributed by atoms with van der Waals surface area (Å²) in [5.74, 6) is -5.10. The molecule has 11 heteroatoms. The molecule has 0 fully saturated rings. The zero-order chi connectivity index (χ0) is 28.8. The van der Waals surface area contributed by atoms with Crippen molar-refractivity contribution in [1.82, 2.24) is 15.1 Å². The lowest BCUT2D eigenvalue weighted by atomic mass is 9.59. The molecule has 0 heterocycles. The maximum atomic E-state index is 13.2. The Balaban J connectivity index is 1.72. The molecule has 3 aliphatic carbocycles. The van der Waals surface area contributed by atoms with Crippen LogP contribution in [0.3, 0.4) is 0 Å². The Morgan fingerprint density at radius 1 is 1.08 bits per heavy atom. The van der Waals surface area contributed by atoms with Gasteiger partial charge >= 0.3 is 0 Å². The molecule has 7 N–H and O–H groups in total. The van der Waals surface area contributed by atoms with E-state index in [9.17, 15) is 34.8 Å². The van der Waals surface area contributed by atoms with Gasteiger partial charge < -0.3 is 36.4 Å². The minimum Gasteiger partial charge on any atom is -0.509 e. The number of carbonyl (C=O) groups is 3. The number of phenolic OH excluding ortho intramolecular Hbond substituents is 1. The van der Waals surface area contributed by atoms with Crippen LogP contribution in [0.15, 0.2) is 34.8 Å². The van der Waals surface area contributed by atoms with Crippen molar-refractivity contribution in [2.24, 2.45) is 17.6 Å². The van der Waals surface area contributed by atoms with Gasteiger partial charge in [0.1, 0.15) is 22.8 Å². The molecule has 0 bridgehead atoms. The number of nitrogens with zero attached hydrogens (tertiary/aromatic N) is 2. The van der Waals surface area contributed by atoms with Gasteiger partial charge in [-0.25, -0.2) is 0 Å². The second-order valence-electron chi connectivity index (χ2n) is 11.3. The number of amides is 2. The largest absolute Gasteiger partial charge is 0.509 e. The van der Waals surface area contributed by atoms with Crippen LogP contribution in [0.1, 0.15) is 40.7 Å². The van der Waals surface area contributed by atoms with Crippen molar-refractivity contribution >= 4 is 17.6 Å². The summed E-state index contributed by atoms with van der Waals surface area (Å²) in [5, 5.41) is 47.7. The first-order chi connectivity index (χ1) is 18.3. The number of phenols is 1. The first kappa shape index (κ1) is 28.6. The number of rotatable bonds is 8. The summed E-state index contributed by atoms with van der Waals surface area (Å²) < 4.78 is 0. The van der Waals surface area contributed by atoms with Gasteiger partial charge in [-0.05, 0) is 89.6 Å². The lowest BCUT2D eigenvalue weighted by Crippen LogP contribution is -2.62. The van der Waals surface area contributed by atoms with Crippen LogP contribution >= 0.6 is 0 Å². The van der Waals surface area contributed by atoms with Crippen molar-refractivity contribution in [2.75, 3.05) is 41.3 Å². The molecule has 4 atom stereocenters. The molecule has 212 valence electrons. The number of aromatic hydroxyl groups is 1. The van der Waals surface area contributed by atoms with Crippen molar-refractivity contribution in [3.05, 3.63) is 51.5 Å². The normalized spacial score (nSPS) is 26.4. The molecule has 39 heavy (non-hydrogen) atoms. The summed E-state index contributed by atoms with van der Waals surface area (Å²) in [4.78, 5) is 42.0. The molecule has 11 nitrogen and oxygen atoms in total. The maximum absolute atomic E-state index is 13.2. The SMILES string of the molecule is CN(C)CCCCNC(=O)c1ccc(O)c2c1C[C@H]1C[C@H]3[C@H](N(C)C)C(=O)C(C(N)=O)=C(O)[C@@]3(O)C(O)=C1C2. The topological polar surface area (TPSA) is 177 Å². The number of unbranched alkanes of at least 4 members (excludes halogenated alkanes) is 1. The van der Waals surface area contributed by atoms with Crippen LogP contribution in [0, 0.1) is 11.8 Å². The number of aliphatic hydroxyl groups excluding tert-OH is 2. The molecule has 1 aromatic rings. The van der Waals surface area contributed by atoms with E-state index in [1.807, 2.05) is 14.1 Å². The number of hydrogen-bond acceptors (Lipinski definition) is 9. The fourth-order valence-electron chi connectivity index (χ4n) is 6.39. The van der Waals surface area contributed by atoms with Crippen LogP contribution in [0.5, 0.6) is 5.75 Å². The Labute approximate surface area is 227 Å². The van der Waals surface area contributed by atoms with Gasteiger partial charge in [0.05, 0.1) is 6.04 Å². The minimum absolute atomic E-state index is 0.0242. The van der Waals surface area contributed by atoms with Crippen molar-refractivity contribution in [3.8, 4) is 5.75 Å². The van der Waals surface area contributed by atoms with Crippen LogP contribution in [0.25, 0.3) is 0 Å². The number of nitrogens with one attached hydrogen (secondary N) is 1. The number of allylic oxidation sites excluding steroid dienone is 1. The van der Waals surface area contributed by atoms with Gasteiger partial charge in [-0.1, -0.05) is 0 Å². The van der Waals surface area contributed by atoms with E-state index in [0.29, 0.717) is 28.8 Å². The standard InChI is InChI=1S/C28H38N4O7/c1-31(2)10-6-5-9-30-27(38)15-7-8-20(33)18-13-16-14(11-17(15)18)12-19-22(32(3)4)23(34)21(26(29)37)25(36)28(19,39)24(16)35/h7-8,14,19,22,33,35-36,39H,5-6,9-13H2,1-4H3,(H2,29,37)(H,30,38)/t14-,19-,22-,28-/m0/s1. The molecule has 0 saturated carbocycles. The highest BCUT2D eigenvalue weighted by Gasteiger charge is 2.61. The third-order valence-corrected chi connectivity index (χ3v) is 8.32.